The molecule has 6 heteroatoms. The second-order valence-electron chi connectivity index (χ2n) is 4.60. The molecule has 0 bridgehead atoms. The van der Waals surface area contributed by atoms with E-state index < -0.39 is 0 Å². The molecule has 2 aromatic rings. The van der Waals surface area contributed by atoms with E-state index in [2.05, 4.69) is 10.2 Å². The lowest BCUT2D eigenvalue weighted by atomic mass is 10.1. The standard InChI is InChI=1S/C14H11Cl2N3O/c15-11-4-2-1-3-10(11)14(20)19-6-5-12-9(8-19)7-13(16)18-17-12/h1-4,7H,5-6,8H2. The maximum Gasteiger partial charge on any atom is 0.255 e. The molecule has 0 radical (unpaired) electrons. The average Bonchev–Trinajstić information content (AvgIpc) is 2.46. The molecule has 4 nitrogen and oxygen atoms in total. The molecule has 2 heterocycles. The first-order chi connectivity index (χ1) is 9.65. The van der Waals surface area contributed by atoms with Crippen molar-refractivity contribution in [3.63, 3.8) is 0 Å². The summed E-state index contributed by atoms with van der Waals surface area (Å²) in [5, 5.41) is 8.69. The number of halogens is 2. The van der Waals surface area contributed by atoms with Crippen LogP contribution in [0, 0.1) is 0 Å². The van der Waals surface area contributed by atoms with Gasteiger partial charge in [0.05, 0.1) is 16.3 Å². The smallest absolute Gasteiger partial charge is 0.255 e. The first-order valence-corrected chi connectivity index (χ1v) is 6.95. The van der Waals surface area contributed by atoms with Crippen LogP contribution in [-0.4, -0.2) is 27.5 Å². The van der Waals surface area contributed by atoms with Gasteiger partial charge in [-0.2, -0.15) is 5.10 Å². The molecule has 0 saturated carbocycles. The first kappa shape index (κ1) is 13.3. The molecule has 0 fully saturated rings. The summed E-state index contributed by atoms with van der Waals surface area (Å²) in [6, 6.07) is 8.82. The number of hydrogen-bond donors (Lipinski definition) is 0. The molecule has 102 valence electrons. The Morgan fingerprint density at radius 3 is 2.80 bits per heavy atom. The summed E-state index contributed by atoms with van der Waals surface area (Å²) >= 11 is 11.9. The minimum absolute atomic E-state index is 0.0748. The van der Waals surface area contributed by atoms with E-state index in [4.69, 9.17) is 23.2 Å². The third kappa shape index (κ3) is 2.49. The van der Waals surface area contributed by atoms with Gasteiger partial charge < -0.3 is 4.90 Å². The Hall–Kier alpha value is -1.65. The van der Waals surface area contributed by atoms with E-state index in [-0.39, 0.29) is 5.91 Å². The Morgan fingerprint density at radius 1 is 1.20 bits per heavy atom. The fourth-order valence-electron chi connectivity index (χ4n) is 2.28. The molecule has 0 aliphatic carbocycles. The second-order valence-corrected chi connectivity index (χ2v) is 5.39. The van der Waals surface area contributed by atoms with Crippen molar-refractivity contribution in [2.75, 3.05) is 6.54 Å². The van der Waals surface area contributed by atoms with E-state index in [0.717, 1.165) is 11.3 Å². The van der Waals surface area contributed by atoms with E-state index in [0.29, 0.717) is 35.2 Å². The Labute approximate surface area is 126 Å². The summed E-state index contributed by atoms with van der Waals surface area (Å²) in [4.78, 5) is 14.2. The van der Waals surface area contributed by atoms with Crippen LogP contribution in [0.1, 0.15) is 21.6 Å². The van der Waals surface area contributed by atoms with Crippen molar-refractivity contribution in [3.05, 3.63) is 57.3 Å². The molecule has 20 heavy (non-hydrogen) atoms. The number of nitrogens with zero attached hydrogens (tertiary/aromatic N) is 3. The number of amides is 1. The summed E-state index contributed by atoms with van der Waals surface area (Å²) in [6.45, 7) is 1.09. The lowest BCUT2D eigenvalue weighted by Gasteiger charge is -2.28. The highest BCUT2D eigenvalue weighted by molar-refractivity contribution is 6.33. The number of aromatic nitrogens is 2. The molecule has 0 spiro atoms. The Kier molecular flexibility index (Phi) is 3.59. The normalized spacial score (nSPS) is 14.0. The Bertz CT molecular complexity index is 675. The fraction of sp³-hybridized carbons (Fsp3) is 0.214. The van der Waals surface area contributed by atoms with E-state index in [1.54, 1.807) is 35.2 Å². The van der Waals surface area contributed by atoms with Crippen molar-refractivity contribution in [1.82, 2.24) is 15.1 Å². The van der Waals surface area contributed by atoms with Crippen LogP contribution >= 0.6 is 23.2 Å². The van der Waals surface area contributed by atoms with Gasteiger partial charge in [0.25, 0.3) is 5.91 Å². The SMILES string of the molecule is O=C(c1ccccc1Cl)N1CCc2nnc(Cl)cc2C1. The number of benzene rings is 1. The average molecular weight is 308 g/mol. The van der Waals surface area contributed by atoms with Gasteiger partial charge in [-0.3, -0.25) is 4.79 Å². The Morgan fingerprint density at radius 2 is 2.00 bits per heavy atom. The third-order valence-corrected chi connectivity index (χ3v) is 3.82. The van der Waals surface area contributed by atoms with Gasteiger partial charge in [-0.1, -0.05) is 35.3 Å². The summed E-state index contributed by atoms with van der Waals surface area (Å²) in [5.74, 6) is -0.0748. The number of rotatable bonds is 1. The van der Waals surface area contributed by atoms with Crippen LogP contribution in [0.5, 0.6) is 0 Å². The lowest BCUT2D eigenvalue weighted by Crippen LogP contribution is -2.36. The number of carbonyl (C=O) groups excluding carboxylic acids is 1. The maximum absolute atomic E-state index is 12.5. The molecule has 1 amide bonds. The van der Waals surface area contributed by atoms with E-state index in [1.165, 1.54) is 0 Å². The van der Waals surface area contributed by atoms with E-state index >= 15 is 0 Å². The summed E-state index contributed by atoms with van der Waals surface area (Å²) in [7, 11) is 0. The predicted molar refractivity (Wildman–Crippen MR) is 76.9 cm³/mol. The van der Waals surface area contributed by atoms with Crippen LogP contribution in [0.2, 0.25) is 10.2 Å². The monoisotopic (exact) mass is 307 g/mol. The van der Waals surface area contributed by atoms with Crippen molar-refractivity contribution in [2.24, 2.45) is 0 Å². The van der Waals surface area contributed by atoms with Gasteiger partial charge in [0.2, 0.25) is 0 Å². The van der Waals surface area contributed by atoms with Gasteiger partial charge in [0.15, 0.2) is 5.15 Å². The van der Waals surface area contributed by atoms with Crippen molar-refractivity contribution in [2.45, 2.75) is 13.0 Å². The molecule has 0 N–H and O–H groups in total. The topological polar surface area (TPSA) is 46.1 Å². The molecule has 0 unspecified atom stereocenters. The lowest BCUT2D eigenvalue weighted by molar-refractivity contribution is 0.0733. The Balaban J connectivity index is 1.87. The van der Waals surface area contributed by atoms with Crippen LogP contribution in [0.25, 0.3) is 0 Å². The molecule has 3 rings (SSSR count). The van der Waals surface area contributed by atoms with Crippen LogP contribution in [0.15, 0.2) is 30.3 Å². The van der Waals surface area contributed by atoms with Crippen LogP contribution in [0.4, 0.5) is 0 Å². The zero-order chi connectivity index (χ0) is 14.1. The molecule has 1 aliphatic heterocycles. The second kappa shape index (κ2) is 5.38. The molecule has 1 aliphatic rings. The van der Waals surface area contributed by atoms with Gasteiger partial charge in [-0.05, 0) is 23.8 Å². The zero-order valence-corrected chi connectivity index (χ0v) is 12.0. The van der Waals surface area contributed by atoms with Crippen LogP contribution in [-0.2, 0) is 13.0 Å². The number of hydrogen-bond acceptors (Lipinski definition) is 3. The first-order valence-electron chi connectivity index (χ1n) is 6.20. The van der Waals surface area contributed by atoms with Gasteiger partial charge in [0.1, 0.15) is 0 Å². The molecular formula is C14H11Cl2N3O. The summed E-state index contributed by atoms with van der Waals surface area (Å²) in [6.07, 6.45) is 0.676. The highest BCUT2D eigenvalue weighted by atomic mass is 35.5. The van der Waals surface area contributed by atoms with Crippen LogP contribution in [0.3, 0.4) is 0 Å². The minimum Gasteiger partial charge on any atom is -0.334 e. The van der Waals surface area contributed by atoms with Gasteiger partial charge in [-0.25, -0.2) is 0 Å². The third-order valence-electron chi connectivity index (χ3n) is 3.30. The highest BCUT2D eigenvalue weighted by Gasteiger charge is 2.24. The summed E-state index contributed by atoms with van der Waals surface area (Å²) in [5.41, 5.74) is 2.36. The predicted octanol–water partition coefficient (Wildman–Crippen LogP) is 2.98. The van der Waals surface area contributed by atoms with Crippen molar-refractivity contribution >= 4 is 29.1 Å². The maximum atomic E-state index is 12.5. The van der Waals surface area contributed by atoms with Gasteiger partial charge in [0, 0.05) is 19.5 Å². The highest BCUT2D eigenvalue weighted by Crippen LogP contribution is 2.23. The van der Waals surface area contributed by atoms with E-state index in [9.17, 15) is 4.79 Å². The number of fused-ring (bicyclic) bond motifs is 1. The van der Waals surface area contributed by atoms with Crippen molar-refractivity contribution in [1.29, 1.82) is 0 Å². The molecule has 0 saturated heterocycles. The number of carbonyl (C=O) groups is 1. The van der Waals surface area contributed by atoms with Crippen LogP contribution < -0.4 is 0 Å². The van der Waals surface area contributed by atoms with Gasteiger partial charge in [-0.15, -0.1) is 5.10 Å². The molecule has 1 aromatic carbocycles. The zero-order valence-electron chi connectivity index (χ0n) is 10.5. The molecule has 1 aromatic heterocycles. The fourth-order valence-corrected chi connectivity index (χ4v) is 2.67. The van der Waals surface area contributed by atoms with Crippen molar-refractivity contribution < 1.29 is 4.79 Å². The van der Waals surface area contributed by atoms with Gasteiger partial charge >= 0.3 is 0 Å². The summed E-state index contributed by atoms with van der Waals surface area (Å²) < 4.78 is 0. The molecular weight excluding hydrogens is 297 g/mol. The molecule has 0 atom stereocenters. The largest absolute Gasteiger partial charge is 0.334 e. The minimum atomic E-state index is -0.0748. The van der Waals surface area contributed by atoms with E-state index in [1.807, 2.05) is 0 Å². The van der Waals surface area contributed by atoms with Crippen molar-refractivity contribution in [3.8, 4) is 0 Å². The quantitative estimate of drug-likeness (QED) is 0.813.